The Hall–Kier alpha value is -1.06. The van der Waals surface area contributed by atoms with Crippen molar-refractivity contribution in [2.75, 3.05) is 0 Å². The van der Waals surface area contributed by atoms with Crippen LogP contribution < -0.4 is 10.6 Å². The maximum Gasteiger partial charge on any atom is 0.237 e. The number of halogens is 1. The molecule has 3 unspecified atom stereocenters. The lowest BCUT2D eigenvalue weighted by molar-refractivity contribution is -0.123. The van der Waals surface area contributed by atoms with Crippen LogP contribution in [0.1, 0.15) is 43.2 Å². The maximum atomic E-state index is 12.3. The summed E-state index contributed by atoms with van der Waals surface area (Å²) in [5.74, 6) is 0.888. The maximum absolute atomic E-state index is 12.3. The second-order valence-electron chi connectivity index (χ2n) is 6.31. The lowest BCUT2D eigenvalue weighted by atomic mass is 9.85. The SMILES string of the molecule is Cc1cccc(CNC(=O)C2CC3CCCCC3N2)c1.Cl. The number of nitrogens with one attached hydrogen (secondary N) is 2. The molecule has 4 heteroatoms. The van der Waals surface area contributed by atoms with Gasteiger partial charge in [-0.15, -0.1) is 12.4 Å². The molecule has 1 aliphatic heterocycles. The van der Waals surface area contributed by atoms with Crippen LogP contribution >= 0.6 is 12.4 Å². The third-order valence-electron chi connectivity index (χ3n) is 4.73. The number of fused-ring (bicyclic) bond motifs is 1. The molecule has 0 aromatic heterocycles. The summed E-state index contributed by atoms with van der Waals surface area (Å²) >= 11 is 0. The summed E-state index contributed by atoms with van der Waals surface area (Å²) in [7, 11) is 0. The van der Waals surface area contributed by atoms with Gasteiger partial charge in [0.1, 0.15) is 0 Å². The largest absolute Gasteiger partial charge is 0.351 e. The van der Waals surface area contributed by atoms with Gasteiger partial charge in [-0.3, -0.25) is 4.79 Å². The highest BCUT2D eigenvalue weighted by molar-refractivity contribution is 5.85. The molecule has 2 aliphatic rings. The lowest BCUT2D eigenvalue weighted by Gasteiger charge is -2.24. The van der Waals surface area contributed by atoms with Crippen molar-refractivity contribution < 1.29 is 4.79 Å². The first kappa shape index (κ1) is 16.3. The minimum atomic E-state index is 0. The van der Waals surface area contributed by atoms with Gasteiger partial charge in [0.25, 0.3) is 0 Å². The molecule has 1 amide bonds. The van der Waals surface area contributed by atoms with Crippen LogP contribution in [0.3, 0.4) is 0 Å². The normalized spacial score (nSPS) is 27.6. The Bertz CT molecular complexity index is 477. The zero-order valence-electron chi connectivity index (χ0n) is 12.6. The van der Waals surface area contributed by atoms with Crippen LogP contribution in [-0.4, -0.2) is 18.0 Å². The van der Waals surface area contributed by atoms with E-state index in [1.165, 1.54) is 36.8 Å². The number of benzene rings is 1. The molecule has 1 saturated heterocycles. The summed E-state index contributed by atoms with van der Waals surface area (Å²) in [6, 6.07) is 8.91. The van der Waals surface area contributed by atoms with Crippen LogP contribution in [0.2, 0.25) is 0 Å². The van der Waals surface area contributed by atoms with Crippen molar-refractivity contribution in [2.24, 2.45) is 5.92 Å². The average Bonchev–Trinajstić information content (AvgIpc) is 2.89. The fraction of sp³-hybridized carbons (Fsp3) is 0.588. The molecule has 0 spiro atoms. The molecule has 3 rings (SSSR count). The number of rotatable bonds is 3. The summed E-state index contributed by atoms with van der Waals surface area (Å²) in [5, 5.41) is 6.60. The van der Waals surface area contributed by atoms with Gasteiger partial charge in [0, 0.05) is 12.6 Å². The summed E-state index contributed by atoms with van der Waals surface area (Å²) in [6.07, 6.45) is 6.20. The Kier molecular flexibility index (Phi) is 5.65. The molecule has 1 saturated carbocycles. The van der Waals surface area contributed by atoms with Gasteiger partial charge < -0.3 is 10.6 Å². The third-order valence-corrected chi connectivity index (χ3v) is 4.73. The van der Waals surface area contributed by atoms with E-state index in [9.17, 15) is 4.79 Å². The van der Waals surface area contributed by atoms with E-state index in [0.717, 1.165) is 12.3 Å². The molecule has 116 valence electrons. The highest BCUT2D eigenvalue weighted by Crippen LogP contribution is 2.33. The van der Waals surface area contributed by atoms with Crippen LogP contribution in [0.4, 0.5) is 0 Å². The quantitative estimate of drug-likeness (QED) is 0.901. The molecule has 3 nitrogen and oxygen atoms in total. The lowest BCUT2D eigenvalue weighted by Crippen LogP contribution is -2.42. The molecule has 2 N–H and O–H groups in total. The van der Waals surface area contributed by atoms with E-state index in [2.05, 4.69) is 35.8 Å². The molecule has 0 bridgehead atoms. The summed E-state index contributed by atoms with van der Waals surface area (Å²) in [6.45, 7) is 2.71. The van der Waals surface area contributed by atoms with E-state index in [1.54, 1.807) is 0 Å². The zero-order chi connectivity index (χ0) is 13.9. The predicted molar refractivity (Wildman–Crippen MR) is 87.6 cm³/mol. The first-order valence-corrected chi connectivity index (χ1v) is 7.81. The third kappa shape index (κ3) is 3.98. The molecule has 1 aromatic carbocycles. The van der Waals surface area contributed by atoms with Gasteiger partial charge in [-0.05, 0) is 37.7 Å². The van der Waals surface area contributed by atoms with Gasteiger partial charge in [-0.2, -0.15) is 0 Å². The zero-order valence-corrected chi connectivity index (χ0v) is 13.4. The second kappa shape index (κ2) is 7.28. The molecule has 21 heavy (non-hydrogen) atoms. The van der Waals surface area contributed by atoms with Crippen molar-refractivity contribution >= 4 is 18.3 Å². The van der Waals surface area contributed by atoms with Crippen LogP contribution in [0.5, 0.6) is 0 Å². The highest BCUT2D eigenvalue weighted by Gasteiger charge is 2.37. The van der Waals surface area contributed by atoms with Crippen molar-refractivity contribution in [2.45, 2.75) is 57.7 Å². The van der Waals surface area contributed by atoms with E-state index >= 15 is 0 Å². The van der Waals surface area contributed by atoms with E-state index in [1.807, 2.05) is 6.07 Å². The molecular weight excluding hydrogens is 284 g/mol. The van der Waals surface area contributed by atoms with E-state index in [4.69, 9.17) is 0 Å². The summed E-state index contributed by atoms with van der Waals surface area (Å²) in [4.78, 5) is 12.3. The van der Waals surface area contributed by atoms with Gasteiger partial charge in [0.15, 0.2) is 0 Å². The number of aryl methyl sites for hydroxylation is 1. The van der Waals surface area contributed by atoms with Gasteiger partial charge in [-0.1, -0.05) is 42.7 Å². The Morgan fingerprint density at radius 2 is 2.14 bits per heavy atom. The Labute approximate surface area is 133 Å². The molecule has 0 radical (unpaired) electrons. The molecule has 2 fully saturated rings. The van der Waals surface area contributed by atoms with Crippen molar-refractivity contribution in [3.05, 3.63) is 35.4 Å². The summed E-state index contributed by atoms with van der Waals surface area (Å²) in [5.41, 5.74) is 2.41. The van der Waals surface area contributed by atoms with E-state index in [0.29, 0.717) is 12.6 Å². The molecule has 3 atom stereocenters. The highest BCUT2D eigenvalue weighted by atomic mass is 35.5. The number of carbonyl (C=O) groups excluding carboxylic acids is 1. The number of hydrogen-bond donors (Lipinski definition) is 2. The van der Waals surface area contributed by atoms with E-state index in [-0.39, 0.29) is 24.4 Å². The molecule has 1 aromatic rings. The minimum absolute atomic E-state index is 0. The molecule has 1 aliphatic carbocycles. The molecular formula is C17H25ClN2O. The fourth-order valence-electron chi connectivity index (χ4n) is 3.66. The Morgan fingerprint density at radius 3 is 2.90 bits per heavy atom. The van der Waals surface area contributed by atoms with Gasteiger partial charge in [-0.25, -0.2) is 0 Å². The average molecular weight is 309 g/mol. The van der Waals surface area contributed by atoms with Crippen LogP contribution in [0.15, 0.2) is 24.3 Å². The van der Waals surface area contributed by atoms with Gasteiger partial charge >= 0.3 is 0 Å². The second-order valence-corrected chi connectivity index (χ2v) is 6.31. The topological polar surface area (TPSA) is 41.1 Å². The van der Waals surface area contributed by atoms with Crippen molar-refractivity contribution in [3.63, 3.8) is 0 Å². The number of amides is 1. The van der Waals surface area contributed by atoms with Crippen LogP contribution in [-0.2, 0) is 11.3 Å². The van der Waals surface area contributed by atoms with Gasteiger partial charge in [0.05, 0.1) is 6.04 Å². The van der Waals surface area contributed by atoms with Crippen LogP contribution in [0, 0.1) is 12.8 Å². The standard InChI is InChI=1S/C17H24N2O.ClH/c1-12-5-4-6-13(9-12)11-18-17(20)16-10-14-7-2-3-8-15(14)19-16;/h4-6,9,14-16,19H,2-3,7-8,10-11H2,1H3,(H,18,20);1H. The first-order chi connectivity index (χ1) is 9.72. The molecule has 1 heterocycles. The van der Waals surface area contributed by atoms with Crippen molar-refractivity contribution in [1.82, 2.24) is 10.6 Å². The van der Waals surface area contributed by atoms with Gasteiger partial charge in [0.2, 0.25) is 5.91 Å². The van der Waals surface area contributed by atoms with Crippen LogP contribution in [0.25, 0.3) is 0 Å². The predicted octanol–water partition coefficient (Wildman–Crippen LogP) is 2.95. The smallest absolute Gasteiger partial charge is 0.237 e. The summed E-state index contributed by atoms with van der Waals surface area (Å²) < 4.78 is 0. The monoisotopic (exact) mass is 308 g/mol. The minimum Gasteiger partial charge on any atom is -0.351 e. The number of hydrogen-bond acceptors (Lipinski definition) is 2. The van der Waals surface area contributed by atoms with Crippen molar-refractivity contribution in [1.29, 1.82) is 0 Å². The first-order valence-electron chi connectivity index (χ1n) is 7.81. The number of carbonyl (C=O) groups is 1. The Morgan fingerprint density at radius 1 is 1.33 bits per heavy atom. The fourth-order valence-corrected chi connectivity index (χ4v) is 3.66. The van der Waals surface area contributed by atoms with E-state index < -0.39 is 0 Å². The Balaban J connectivity index is 0.00000161. The van der Waals surface area contributed by atoms with Crippen molar-refractivity contribution in [3.8, 4) is 0 Å².